The Hall–Kier alpha value is -0.450. The zero-order valence-corrected chi connectivity index (χ0v) is 10.8. The van der Waals surface area contributed by atoms with Crippen molar-refractivity contribution in [1.29, 1.82) is 0 Å². The highest BCUT2D eigenvalue weighted by Crippen LogP contribution is 2.16. The standard InChI is InChI=1S/C11H21N3S/c1-8-5-14-10(15-8)7-13-6-9(12)11(2,3)4/h5,9,13H,6-7,12H2,1-4H3. The summed E-state index contributed by atoms with van der Waals surface area (Å²) < 4.78 is 0. The SMILES string of the molecule is Cc1cnc(CNCC(N)C(C)(C)C)s1. The fourth-order valence-corrected chi connectivity index (χ4v) is 1.88. The van der Waals surface area contributed by atoms with E-state index < -0.39 is 0 Å². The number of nitrogens with zero attached hydrogens (tertiary/aromatic N) is 1. The van der Waals surface area contributed by atoms with Crippen LogP contribution in [0.15, 0.2) is 6.20 Å². The molecule has 0 aliphatic heterocycles. The Labute approximate surface area is 96.1 Å². The Morgan fingerprint density at radius 2 is 2.20 bits per heavy atom. The number of nitrogens with one attached hydrogen (secondary N) is 1. The number of aromatic nitrogens is 1. The summed E-state index contributed by atoms with van der Waals surface area (Å²) in [5.74, 6) is 0. The lowest BCUT2D eigenvalue weighted by molar-refractivity contribution is 0.309. The van der Waals surface area contributed by atoms with Gasteiger partial charge in [-0.1, -0.05) is 20.8 Å². The minimum Gasteiger partial charge on any atom is -0.326 e. The molecule has 3 nitrogen and oxygen atoms in total. The highest BCUT2D eigenvalue weighted by molar-refractivity contribution is 7.11. The molecule has 0 bridgehead atoms. The van der Waals surface area contributed by atoms with Crippen LogP contribution in [0.1, 0.15) is 30.7 Å². The van der Waals surface area contributed by atoms with E-state index in [4.69, 9.17) is 5.73 Å². The van der Waals surface area contributed by atoms with Crippen molar-refractivity contribution in [3.63, 3.8) is 0 Å². The molecule has 86 valence electrons. The average molecular weight is 227 g/mol. The monoisotopic (exact) mass is 227 g/mol. The lowest BCUT2D eigenvalue weighted by Crippen LogP contribution is -2.43. The van der Waals surface area contributed by atoms with Gasteiger partial charge >= 0.3 is 0 Å². The molecule has 15 heavy (non-hydrogen) atoms. The molecule has 1 unspecified atom stereocenters. The van der Waals surface area contributed by atoms with Gasteiger partial charge in [-0.05, 0) is 12.3 Å². The largest absolute Gasteiger partial charge is 0.326 e. The van der Waals surface area contributed by atoms with Gasteiger partial charge in [-0.15, -0.1) is 11.3 Å². The number of rotatable bonds is 4. The molecule has 3 N–H and O–H groups in total. The van der Waals surface area contributed by atoms with Crippen LogP contribution in [0, 0.1) is 12.3 Å². The molecule has 0 radical (unpaired) electrons. The highest BCUT2D eigenvalue weighted by Gasteiger charge is 2.19. The van der Waals surface area contributed by atoms with Crippen LogP contribution in [0.2, 0.25) is 0 Å². The van der Waals surface area contributed by atoms with E-state index in [1.54, 1.807) is 11.3 Å². The summed E-state index contributed by atoms with van der Waals surface area (Å²) >= 11 is 1.73. The summed E-state index contributed by atoms with van der Waals surface area (Å²) in [6.07, 6.45) is 1.91. The van der Waals surface area contributed by atoms with Gasteiger partial charge < -0.3 is 11.1 Å². The number of aryl methyl sites for hydroxylation is 1. The molecular weight excluding hydrogens is 206 g/mol. The smallest absolute Gasteiger partial charge is 0.107 e. The molecular formula is C11H21N3S. The van der Waals surface area contributed by atoms with E-state index >= 15 is 0 Å². The fraction of sp³-hybridized carbons (Fsp3) is 0.727. The lowest BCUT2D eigenvalue weighted by Gasteiger charge is -2.27. The molecule has 0 spiro atoms. The van der Waals surface area contributed by atoms with Crippen LogP contribution in [0.5, 0.6) is 0 Å². The van der Waals surface area contributed by atoms with Crippen molar-refractivity contribution >= 4 is 11.3 Å². The summed E-state index contributed by atoms with van der Waals surface area (Å²) in [7, 11) is 0. The van der Waals surface area contributed by atoms with E-state index in [9.17, 15) is 0 Å². The highest BCUT2D eigenvalue weighted by atomic mass is 32.1. The van der Waals surface area contributed by atoms with Crippen molar-refractivity contribution in [2.45, 2.75) is 40.3 Å². The fourth-order valence-electron chi connectivity index (χ4n) is 1.12. The first-order chi connectivity index (χ1) is 6.89. The quantitative estimate of drug-likeness (QED) is 0.826. The number of thiazole rings is 1. The van der Waals surface area contributed by atoms with E-state index in [0.29, 0.717) is 0 Å². The topological polar surface area (TPSA) is 50.9 Å². The third kappa shape index (κ3) is 4.28. The summed E-state index contributed by atoms with van der Waals surface area (Å²) in [4.78, 5) is 5.55. The molecule has 0 aliphatic rings. The van der Waals surface area contributed by atoms with Gasteiger partial charge in [0.2, 0.25) is 0 Å². The van der Waals surface area contributed by atoms with Gasteiger partial charge in [0, 0.05) is 30.2 Å². The van der Waals surface area contributed by atoms with Crippen LogP contribution in [0.25, 0.3) is 0 Å². The summed E-state index contributed by atoms with van der Waals surface area (Å²) in [5.41, 5.74) is 6.20. The number of hydrogen-bond acceptors (Lipinski definition) is 4. The molecule has 1 atom stereocenters. The summed E-state index contributed by atoms with van der Waals surface area (Å²) in [5, 5.41) is 4.48. The van der Waals surface area contributed by atoms with E-state index in [1.165, 1.54) is 4.88 Å². The van der Waals surface area contributed by atoms with Gasteiger partial charge in [0.05, 0.1) is 0 Å². The molecule has 4 heteroatoms. The average Bonchev–Trinajstić information content (AvgIpc) is 2.49. The lowest BCUT2D eigenvalue weighted by atomic mass is 9.87. The van der Waals surface area contributed by atoms with E-state index in [-0.39, 0.29) is 11.5 Å². The van der Waals surface area contributed by atoms with Crippen molar-refractivity contribution in [2.24, 2.45) is 11.1 Å². The van der Waals surface area contributed by atoms with Gasteiger partial charge in [-0.25, -0.2) is 4.98 Å². The maximum atomic E-state index is 6.04. The van der Waals surface area contributed by atoms with Gasteiger partial charge in [0.1, 0.15) is 5.01 Å². The van der Waals surface area contributed by atoms with Crippen LogP contribution in [-0.2, 0) is 6.54 Å². The predicted molar refractivity (Wildman–Crippen MR) is 66.0 cm³/mol. The molecule has 0 saturated carbocycles. The van der Waals surface area contributed by atoms with E-state index in [2.05, 4.69) is 38.0 Å². The van der Waals surface area contributed by atoms with Crippen molar-refractivity contribution in [3.05, 3.63) is 16.1 Å². The summed E-state index contributed by atoms with van der Waals surface area (Å²) in [6, 6.07) is 0.179. The van der Waals surface area contributed by atoms with Crippen molar-refractivity contribution in [1.82, 2.24) is 10.3 Å². The van der Waals surface area contributed by atoms with E-state index in [0.717, 1.165) is 18.1 Å². The van der Waals surface area contributed by atoms with Gasteiger partial charge in [0.15, 0.2) is 0 Å². The van der Waals surface area contributed by atoms with Crippen molar-refractivity contribution in [2.75, 3.05) is 6.54 Å². The molecule has 0 saturated heterocycles. The van der Waals surface area contributed by atoms with Gasteiger partial charge in [-0.2, -0.15) is 0 Å². The zero-order chi connectivity index (χ0) is 11.5. The molecule has 0 fully saturated rings. The second kappa shape index (κ2) is 5.05. The number of nitrogens with two attached hydrogens (primary N) is 1. The molecule has 1 aromatic rings. The minimum absolute atomic E-state index is 0.159. The first-order valence-corrected chi connectivity index (χ1v) is 6.09. The van der Waals surface area contributed by atoms with Crippen LogP contribution in [0.3, 0.4) is 0 Å². The van der Waals surface area contributed by atoms with Crippen LogP contribution in [-0.4, -0.2) is 17.6 Å². The first kappa shape index (κ1) is 12.6. The predicted octanol–water partition coefficient (Wildman–Crippen LogP) is 1.91. The van der Waals surface area contributed by atoms with Crippen LogP contribution in [0.4, 0.5) is 0 Å². The van der Waals surface area contributed by atoms with Crippen molar-refractivity contribution in [3.8, 4) is 0 Å². The van der Waals surface area contributed by atoms with E-state index in [1.807, 2.05) is 6.20 Å². The Kier molecular flexibility index (Phi) is 4.25. The maximum absolute atomic E-state index is 6.04. The second-order valence-corrected chi connectivity index (χ2v) is 6.29. The Morgan fingerprint density at radius 3 is 2.67 bits per heavy atom. The Morgan fingerprint density at radius 1 is 1.53 bits per heavy atom. The molecule has 1 aromatic heterocycles. The molecule has 0 amide bonds. The Balaban J connectivity index is 2.28. The Bertz CT molecular complexity index is 301. The van der Waals surface area contributed by atoms with Crippen LogP contribution >= 0.6 is 11.3 Å². The molecule has 0 aliphatic carbocycles. The number of hydrogen-bond donors (Lipinski definition) is 2. The molecule has 1 heterocycles. The van der Waals surface area contributed by atoms with Gasteiger partial charge in [-0.3, -0.25) is 0 Å². The first-order valence-electron chi connectivity index (χ1n) is 5.27. The third-order valence-corrected chi connectivity index (χ3v) is 3.33. The van der Waals surface area contributed by atoms with Gasteiger partial charge in [0.25, 0.3) is 0 Å². The third-order valence-electron chi connectivity index (χ3n) is 2.42. The normalized spacial score (nSPS) is 14.2. The van der Waals surface area contributed by atoms with Crippen LogP contribution < -0.4 is 11.1 Å². The summed E-state index contributed by atoms with van der Waals surface area (Å²) in [6.45, 7) is 10.2. The van der Waals surface area contributed by atoms with Crippen molar-refractivity contribution < 1.29 is 0 Å². The second-order valence-electron chi connectivity index (χ2n) is 4.97. The zero-order valence-electron chi connectivity index (χ0n) is 10.0. The maximum Gasteiger partial charge on any atom is 0.107 e. The molecule has 1 rings (SSSR count). The molecule has 0 aromatic carbocycles. The minimum atomic E-state index is 0.159.